The highest BCUT2D eigenvalue weighted by molar-refractivity contribution is 7.98. The van der Waals surface area contributed by atoms with Crippen LogP contribution in [0.2, 0.25) is 0 Å². The Hall–Kier alpha value is -1.25. The molecule has 19 heavy (non-hydrogen) atoms. The third-order valence-electron chi connectivity index (χ3n) is 3.20. The van der Waals surface area contributed by atoms with E-state index < -0.39 is 0 Å². The highest BCUT2D eigenvalue weighted by atomic mass is 32.2. The summed E-state index contributed by atoms with van der Waals surface area (Å²) in [6.07, 6.45) is 3.18. The van der Waals surface area contributed by atoms with Gasteiger partial charge in [-0.3, -0.25) is 0 Å². The minimum Gasteiger partial charge on any atom is -0.310 e. The average molecular weight is 271 g/mol. The molecule has 0 aliphatic rings. The fourth-order valence-electron chi connectivity index (χ4n) is 2.08. The second kappa shape index (κ2) is 7.37. The Bertz CT molecular complexity index is 478. The summed E-state index contributed by atoms with van der Waals surface area (Å²) in [5, 5.41) is 3.57. The van der Waals surface area contributed by atoms with Crippen LogP contribution in [0.3, 0.4) is 0 Å². The van der Waals surface area contributed by atoms with Gasteiger partial charge in [0.25, 0.3) is 0 Å². The highest BCUT2D eigenvalue weighted by Crippen LogP contribution is 2.15. The molecule has 2 rings (SSSR count). The maximum absolute atomic E-state index is 3.57. The summed E-state index contributed by atoms with van der Waals surface area (Å²) in [5.41, 5.74) is 2.73. The molecule has 0 spiro atoms. The van der Waals surface area contributed by atoms with Gasteiger partial charge < -0.3 is 5.32 Å². The van der Waals surface area contributed by atoms with Gasteiger partial charge in [-0.1, -0.05) is 42.5 Å². The van der Waals surface area contributed by atoms with Gasteiger partial charge in [-0.2, -0.15) is 0 Å². The molecule has 100 valence electrons. The first-order chi connectivity index (χ1) is 9.28. The maximum atomic E-state index is 3.57. The normalized spacial score (nSPS) is 12.3. The Morgan fingerprint density at radius 1 is 0.947 bits per heavy atom. The highest BCUT2D eigenvalue weighted by Gasteiger charge is 2.03. The maximum Gasteiger partial charge on any atom is 0.0208 e. The fraction of sp³-hybridized carbons (Fsp3) is 0.294. The van der Waals surface area contributed by atoms with Crippen molar-refractivity contribution in [1.29, 1.82) is 0 Å². The lowest BCUT2D eigenvalue weighted by Gasteiger charge is -2.14. The van der Waals surface area contributed by atoms with Crippen molar-refractivity contribution in [2.24, 2.45) is 0 Å². The Balaban J connectivity index is 1.82. The molecule has 2 heteroatoms. The second-order valence-electron chi connectivity index (χ2n) is 4.82. The van der Waals surface area contributed by atoms with Crippen LogP contribution in [-0.2, 0) is 13.0 Å². The molecule has 1 atom stereocenters. The van der Waals surface area contributed by atoms with E-state index in [1.54, 1.807) is 11.8 Å². The summed E-state index contributed by atoms with van der Waals surface area (Å²) < 4.78 is 0. The third kappa shape index (κ3) is 4.73. The zero-order valence-electron chi connectivity index (χ0n) is 11.6. The van der Waals surface area contributed by atoms with Crippen LogP contribution in [0.1, 0.15) is 18.1 Å². The molecular formula is C17H21NS. The molecule has 0 saturated heterocycles. The fourth-order valence-corrected chi connectivity index (χ4v) is 2.48. The van der Waals surface area contributed by atoms with E-state index in [0.29, 0.717) is 6.04 Å². The van der Waals surface area contributed by atoms with Crippen molar-refractivity contribution in [3.8, 4) is 0 Å². The van der Waals surface area contributed by atoms with Crippen molar-refractivity contribution in [3.05, 3.63) is 65.7 Å². The minimum absolute atomic E-state index is 0.486. The van der Waals surface area contributed by atoms with E-state index in [2.05, 4.69) is 73.1 Å². The molecule has 0 fully saturated rings. The van der Waals surface area contributed by atoms with Gasteiger partial charge in [0.15, 0.2) is 0 Å². The molecule has 0 radical (unpaired) electrons. The predicted octanol–water partition coefficient (Wildman–Crippen LogP) is 4.13. The van der Waals surface area contributed by atoms with Crippen molar-refractivity contribution in [1.82, 2.24) is 5.32 Å². The molecular weight excluding hydrogens is 250 g/mol. The van der Waals surface area contributed by atoms with Crippen LogP contribution in [-0.4, -0.2) is 12.3 Å². The van der Waals surface area contributed by atoms with Crippen LogP contribution in [0.25, 0.3) is 0 Å². The third-order valence-corrected chi connectivity index (χ3v) is 3.94. The summed E-state index contributed by atoms with van der Waals surface area (Å²) in [6.45, 7) is 3.18. The molecule has 0 heterocycles. The standard InChI is InChI=1S/C17H21NS/c1-14(18-13-16-6-4-3-5-7-16)12-15-8-10-17(19-2)11-9-15/h3-11,14,18H,12-13H2,1-2H3/t14-/m1/s1. The van der Waals surface area contributed by atoms with E-state index in [4.69, 9.17) is 0 Å². The predicted molar refractivity (Wildman–Crippen MR) is 84.7 cm³/mol. The number of nitrogens with one attached hydrogen (secondary N) is 1. The quantitative estimate of drug-likeness (QED) is 0.793. The lowest BCUT2D eigenvalue weighted by Crippen LogP contribution is -2.27. The summed E-state index contributed by atoms with van der Waals surface area (Å²) in [5.74, 6) is 0. The number of hydrogen-bond acceptors (Lipinski definition) is 2. The molecule has 0 saturated carbocycles. The molecule has 0 aromatic heterocycles. The first kappa shape index (κ1) is 14.2. The summed E-state index contributed by atoms with van der Waals surface area (Å²) in [7, 11) is 0. The van der Waals surface area contributed by atoms with Crippen molar-refractivity contribution >= 4 is 11.8 Å². The van der Waals surface area contributed by atoms with Gasteiger partial charge in [-0.25, -0.2) is 0 Å². The van der Waals surface area contributed by atoms with Crippen molar-refractivity contribution in [2.45, 2.75) is 30.8 Å². The second-order valence-corrected chi connectivity index (χ2v) is 5.70. The van der Waals surface area contributed by atoms with Crippen molar-refractivity contribution in [2.75, 3.05) is 6.26 Å². The van der Waals surface area contributed by atoms with Crippen LogP contribution in [0.5, 0.6) is 0 Å². The molecule has 0 amide bonds. The summed E-state index contributed by atoms with van der Waals surface area (Å²) >= 11 is 1.79. The Morgan fingerprint density at radius 2 is 1.63 bits per heavy atom. The van der Waals surface area contributed by atoms with Gasteiger partial charge in [-0.05, 0) is 42.9 Å². The Kier molecular flexibility index (Phi) is 5.49. The first-order valence-corrected chi connectivity index (χ1v) is 7.90. The van der Waals surface area contributed by atoms with Gasteiger partial charge in [0, 0.05) is 17.5 Å². The minimum atomic E-state index is 0.486. The van der Waals surface area contributed by atoms with E-state index in [1.165, 1.54) is 16.0 Å². The summed E-state index contributed by atoms with van der Waals surface area (Å²) in [4.78, 5) is 1.33. The molecule has 1 nitrogen and oxygen atoms in total. The lowest BCUT2D eigenvalue weighted by atomic mass is 10.1. The smallest absolute Gasteiger partial charge is 0.0208 e. The van der Waals surface area contributed by atoms with Gasteiger partial charge in [0.1, 0.15) is 0 Å². The van der Waals surface area contributed by atoms with Crippen LogP contribution in [0, 0.1) is 0 Å². The van der Waals surface area contributed by atoms with Gasteiger partial charge >= 0.3 is 0 Å². The molecule has 1 N–H and O–H groups in total. The van der Waals surface area contributed by atoms with Crippen LogP contribution in [0.15, 0.2) is 59.5 Å². The van der Waals surface area contributed by atoms with Crippen molar-refractivity contribution < 1.29 is 0 Å². The monoisotopic (exact) mass is 271 g/mol. The number of benzene rings is 2. The zero-order chi connectivity index (χ0) is 13.5. The lowest BCUT2D eigenvalue weighted by molar-refractivity contribution is 0.545. The van der Waals surface area contributed by atoms with Crippen LogP contribution >= 0.6 is 11.8 Å². The zero-order valence-corrected chi connectivity index (χ0v) is 12.4. The largest absolute Gasteiger partial charge is 0.310 e. The average Bonchev–Trinajstić information content (AvgIpc) is 2.47. The molecule has 0 bridgehead atoms. The number of hydrogen-bond donors (Lipinski definition) is 1. The molecule has 0 unspecified atom stereocenters. The van der Waals surface area contributed by atoms with E-state index >= 15 is 0 Å². The number of rotatable bonds is 6. The summed E-state index contributed by atoms with van der Waals surface area (Å²) in [6, 6.07) is 19.9. The molecule has 2 aromatic rings. The number of thioether (sulfide) groups is 1. The van der Waals surface area contributed by atoms with Crippen LogP contribution in [0.4, 0.5) is 0 Å². The Labute approximate surface area is 120 Å². The Morgan fingerprint density at radius 3 is 2.26 bits per heavy atom. The van der Waals surface area contributed by atoms with E-state index in [0.717, 1.165) is 13.0 Å². The van der Waals surface area contributed by atoms with Gasteiger partial charge in [0.2, 0.25) is 0 Å². The van der Waals surface area contributed by atoms with Crippen molar-refractivity contribution in [3.63, 3.8) is 0 Å². The van der Waals surface area contributed by atoms with E-state index in [9.17, 15) is 0 Å². The molecule has 0 aliphatic carbocycles. The topological polar surface area (TPSA) is 12.0 Å². The SMILES string of the molecule is CSc1ccc(C[C@@H](C)NCc2ccccc2)cc1. The van der Waals surface area contributed by atoms with E-state index in [-0.39, 0.29) is 0 Å². The first-order valence-electron chi connectivity index (χ1n) is 6.68. The van der Waals surface area contributed by atoms with E-state index in [1.807, 2.05) is 0 Å². The van der Waals surface area contributed by atoms with Gasteiger partial charge in [0.05, 0.1) is 0 Å². The molecule has 2 aromatic carbocycles. The molecule has 0 aliphatic heterocycles. The van der Waals surface area contributed by atoms with Crippen LogP contribution < -0.4 is 5.32 Å². The van der Waals surface area contributed by atoms with Gasteiger partial charge in [-0.15, -0.1) is 11.8 Å².